The predicted octanol–water partition coefficient (Wildman–Crippen LogP) is 2.98. The highest BCUT2D eigenvalue weighted by Crippen LogP contribution is 2.20. The smallest absolute Gasteiger partial charge is 0.305 e. The van der Waals surface area contributed by atoms with E-state index in [9.17, 15) is 43.8 Å². The molecule has 15 heteroatoms. The first-order chi connectivity index (χ1) is 22.1. The third kappa shape index (κ3) is 13.6. The zero-order chi connectivity index (χ0) is 35.3. The van der Waals surface area contributed by atoms with Crippen molar-refractivity contribution >= 4 is 73.2 Å². The van der Waals surface area contributed by atoms with Crippen LogP contribution in [0.25, 0.3) is 0 Å². The van der Waals surface area contributed by atoms with Crippen LogP contribution in [0.3, 0.4) is 0 Å². The van der Waals surface area contributed by atoms with Crippen molar-refractivity contribution in [2.45, 2.75) is 77.0 Å². The number of hydrogen-bond donors (Lipinski definition) is 6. The fourth-order valence-electron chi connectivity index (χ4n) is 4.47. The number of Topliss-reactive ketones (excluding diaryl/α,β-unsaturated/α-hetero) is 1. The molecule has 2 rings (SSSR count). The molecular formula is C32H38Br2N4O9. The lowest BCUT2D eigenvalue weighted by Crippen LogP contribution is -2.58. The number of rotatable bonds is 18. The monoisotopic (exact) mass is 780 g/mol. The number of benzene rings is 2. The maximum Gasteiger partial charge on any atom is 0.305 e. The Labute approximate surface area is 288 Å². The first kappa shape index (κ1) is 39.1. The summed E-state index contributed by atoms with van der Waals surface area (Å²) in [6, 6.07) is 8.70. The highest BCUT2D eigenvalue weighted by Gasteiger charge is 2.32. The molecular weight excluding hydrogens is 744 g/mol. The van der Waals surface area contributed by atoms with Crippen LogP contribution in [0, 0.1) is 5.92 Å². The van der Waals surface area contributed by atoms with Gasteiger partial charge in [-0.3, -0.25) is 33.6 Å². The molecule has 2 aromatic carbocycles. The topological polar surface area (TPSA) is 208 Å². The van der Waals surface area contributed by atoms with E-state index in [1.165, 1.54) is 19.1 Å². The van der Waals surface area contributed by atoms with Crippen molar-refractivity contribution in [3.05, 3.63) is 68.6 Å². The van der Waals surface area contributed by atoms with Crippen LogP contribution in [-0.4, -0.2) is 75.7 Å². The summed E-state index contributed by atoms with van der Waals surface area (Å²) < 4.78 is 1.12. The van der Waals surface area contributed by atoms with Gasteiger partial charge >= 0.3 is 11.9 Å². The molecule has 254 valence electrons. The molecule has 0 fully saturated rings. The largest absolute Gasteiger partial charge is 0.481 e. The van der Waals surface area contributed by atoms with E-state index >= 15 is 0 Å². The van der Waals surface area contributed by atoms with Gasteiger partial charge < -0.3 is 31.5 Å². The van der Waals surface area contributed by atoms with Gasteiger partial charge in [-0.1, -0.05) is 76.0 Å². The second kappa shape index (κ2) is 18.9. The number of carbonyl (C=O) groups is 7. The maximum atomic E-state index is 13.2. The number of aliphatic carboxylic acids is 2. The molecule has 0 radical (unpaired) electrons. The molecule has 2 aromatic rings. The Balaban J connectivity index is 2.06. The van der Waals surface area contributed by atoms with Gasteiger partial charge in [-0.25, -0.2) is 0 Å². The molecule has 0 unspecified atom stereocenters. The molecule has 6 N–H and O–H groups in total. The number of ketones is 1. The van der Waals surface area contributed by atoms with Gasteiger partial charge in [0.2, 0.25) is 17.7 Å². The van der Waals surface area contributed by atoms with E-state index in [-0.39, 0.29) is 12.0 Å². The van der Waals surface area contributed by atoms with Crippen LogP contribution in [0.1, 0.15) is 62.4 Å². The highest BCUT2D eigenvalue weighted by atomic mass is 79.9. The van der Waals surface area contributed by atoms with Crippen molar-refractivity contribution in [1.82, 2.24) is 21.3 Å². The normalized spacial score (nSPS) is 13.4. The molecule has 47 heavy (non-hydrogen) atoms. The molecule has 13 nitrogen and oxygen atoms in total. The van der Waals surface area contributed by atoms with Crippen LogP contribution in [-0.2, 0) is 35.2 Å². The fourth-order valence-corrected chi connectivity index (χ4v) is 5.76. The van der Waals surface area contributed by atoms with Crippen molar-refractivity contribution in [1.29, 1.82) is 0 Å². The van der Waals surface area contributed by atoms with Crippen LogP contribution >= 0.6 is 31.9 Å². The van der Waals surface area contributed by atoms with Crippen LogP contribution < -0.4 is 21.3 Å². The van der Waals surface area contributed by atoms with E-state index in [0.29, 0.717) is 21.8 Å². The molecule has 0 aliphatic carbocycles. The van der Waals surface area contributed by atoms with E-state index in [2.05, 4.69) is 53.1 Å². The number of aryl methyl sites for hydroxylation is 1. The highest BCUT2D eigenvalue weighted by molar-refractivity contribution is 9.11. The SMILES string of the molecule is CC(C)[C@H](NC(=O)[C@H](C)NC(=O)[C@H](CC(=O)O)NC(=O)c1cc(Br)cc(Br)c1)C(=O)N[C@@H](CC(=O)O)C(=O)CCCc1ccccc1. The number of amides is 4. The van der Waals surface area contributed by atoms with Gasteiger partial charge in [-0.2, -0.15) is 0 Å². The summed E-state index contributed by atoms with van der Waals surface area (Å²) in [5.41, 5.74) is 1.15. The van der Waals surface area contributed by atoms with Crippen molar-refractivity contribution in [3.63, 3.8) is 0 Å². The van der Waals surface area contributed by atoms with Crippen LogP contribution in [0.5, 0.6) is 0 Å². The lowest BCUT2D eigenvalue weighted by atomic mass is 9.99. The number of halogens is 2. The Morgan fingerprint density at radius 1 is 0.702 bits per heavy atom. The summed E-state index contributed by atoms with van der Waals surface area (Å²) in [6.07, 6.45) is -0.355. The first-order valence-electron chi connectivity index (χ1n) is 14.8. The van der Waals surface area contributed by atoms with Gasteiger partial charge in [0.1, 0.15) is 18.1 Å². The molecule has 0 aliphatic heterocycles. The molecule has 4 amide bonds. The van der Waals surface area contributed by atoms with Crippen molar-refractivity contribution in [2.24, 2.45) is 5.92 Å². The number of hydrogen-bond acceptors (Lipinski definition) is 7. The standard InChI is InChI=1S/C32H38Br2N4O9/c1-17(2)28(32(47)36-23(15-26(40)41)25(39)11-7-10-19-8-5-4-6-9-19)38-29(44)18(3)35-31(46)24(16-27(42)43)37-30(45)20-12-21(33)14-22(34)13-20/h4-6,8-9,12-14,17-18,23-24,28H,7,10-11,15-16H2,1-3H3,(H,35,46)(H,36,47)(H,37,45)(H,38,44)(H,40,41)(H,42,43)/t18-,23-,24-,28-/m0/s1. The Kier molecular flexibility index (Phi) is 15.7. The van der Waals surface area contributed by atoms with Gasteiger partial charge in [0.25, 0.3) is 5.91 Å². The van der Waals surface area contributed by atoms with Gasteiger partial charge in [0, 0.05) is 20.9 Å². The van der Waals surface area contributed by atoms with Crippen molar-refractivity contribution in [2.75, 3.05) is 0 Å². The second-order valence-electron chi connectivity index (χ2n) is 11.2. The molecule has 0 aliphatic rings. The van der Waals surface area contributed by atoms with E-state index in [1.54, 1.807) is 19.9 Å². The zero-order valence-electron chi connectivity index (χ0n) is 26.0. The van der Waals surface area contributed by atoms with Gasteiger partial charge in [0.15, 0.2) is 5.78 Å². The Morgan fingerprint density at radius 2 is 1.28 bits per heavy atom. The zero-order valence-corrected chi connectivity index (χ0v) is 29.2. The van der Waals surface area contributed by atoms with Crippen LogP contribution in [0.4, 0.5) is 0 Å². The number of nitrogens with one attached hydrogen (secondary N) is 4. The Morgan fingerprint density at radius 3 is 1.83 bits per heavy atom. The van der Waals surface area contributed by atoms with E-state index in [0.717, 1.165) is 5.56 Å². The summed E-state index contributed by atoms with van der Waals surface area (Å²) in [5, 5.41) is 28.4. The van der Waals surface area contributed by atoms with Gasteiger partial charge in [-0.05, 0) is 49.4 Å². The number of carboxylic acid groups (broad SMARTS) is 2. The average Bonchev–Trinajstić information content (AvgIpc) is 2.98. The van der Waals surface area contributed by atoms with E-state index in [1.807, 2.05) is 30.3 Å². The number of carbonyl (C=O) groups excluding carboxylic acids is 5. The summed E-state index contributed by atoms with van der Waals surface area (Å²) in [6.45, 7) is 4.55. The minimum Gasteiger partial charge on any atom is -0.481 e. The quantitative estimate of drug-likeness (QED) is 0.131. The minimum atomic E-state index is -1.54. The molecule has 0 bridgehead atoms. The number of carboxylic acids is 2. The van der Waals surface area contributed by atoms with Crippen molar-refractivity contribution < 1.29 is 43.8 Å². The third-order valence-electron chi connectivity index (χ3n) is 6.94. The van der Waals surface area contributed by atoms with Gasteiger partial charge in [-0.15, -0.1) is 0 Å². The predicted molar refractivity (Wildman–Crippen MR) is 178 cm³/mol. The molecule has 0 aromatic heterocycles. The molecule has 0 saturated heterocycles. The average molecular weight is 782 g/mol. The fraction of sp³-hybridized carbons (Fsp3) is 0.406. The second-order valence-corrected chi connectivity index (χ2v) is 13.0. The summed E-state index contributed by atoms with van der Waals surface area (Å²) in [7, 11) is 0. The molecule has 4 atom stereocenters. The maximum absolute atomic E-state index is 13.2. The summed E-state index contributed by atoms with van der Waals surface area (Å²) >= 11 is 6.51. The lowest BCUT2D eigenvalue weighted by Gasteiger charge is -2.26. The third-order valence-corrected chi connectivity index (χ3v) is 7.86. The molecule has 0 spiro atoms. The van der Waals surface area contributed by atoms with E-state index in [4.69, 9.17) is 0 Å². The minimum absolute atomic E-state index is 0.0295. The molecule has 0 saturated carbocycles. The van der Waals surface area contributed by atoms with E-state index < -0.39 is 84.3 Å². The summed E-state index contributed by atoms with van der Waals surface area (Å²) in [5.74, 6) is -6.92. The van der Waals surface area contributed by atoms with Crippen molar-refractivity contribution in [3.8, 4) is 0 Å². The Bertz CT molecular complexity index is 1450. The van der Waals surface area contributed by atoms with Gasteiger partial charge in [0.05, 0.1) is 18.9 Å². The van der Waals surface area contributed by atoms with Crippen LogP contribution in [0.2, 0.25) is 0 Å². The summed E-state index contributed by atoms with van der Waals surface area (Å²) in [4.78, 5) is 87.9. The van der Waals surface area contributed by atoms with Crippen LogP contribution in [0.15, 0.2) is 57.5 Å². The Hall–Kier alpha value is -4.11. The lowest BCUT2D eigenvalue weighted by molar-refractivity contribution is -0.141. The molecule has 0 heterocycles. The first-order valence-corrected chi connectivity index (χ1v) is 16.3.